The fraction of sp³-hybridized carbons (Fsp3) is 0.222. The van der Waals surface area contributed by atoms with Gasteiger partial charge in [-0.25, -0.2) is 8.42 Å². The SMILES string of the molecule is CCN(c1ccccc1)S(=O)(=O)c1ccc(C(=O)N=c2sc3cc(C)cc(C)c3n2CC(=O)OC)cc1. The number of hydrogen-bond donors (Lipinski definition) is 0. The van der Waals surface area contributed by atoms with Gasteiger partial charge in [0.2, 0.25) is 0 Å². The van der Waals surface area contributed by atoms with E-state index in [1.54, 1.807) is 35.8 Å². The van der Waals surface area contributed by atoms with E-state index in [1.807, 2.05) is 32.0 Å². The van der Waals surface area contributed by atoms with Crippen molar-refractivity contribution in [1.29, 1.82) is 0 Å². The molecule has 3 aromatic carbocycles. The Morgan fingerprint density at radius 1 is 1.03 bits per heavy atom. The van der Waals surface area contributed by atoms with Gasteiger partial charge < -0.3 is 9.30 Å². The average Bonchev–Trinajstić information content (AvgIpc) is 3.21. The molecule has 0 aliphatic carbocycles. The lowest BCUT2D eigenvalue weighted by atomic mass is 10.1. The van der Waals surface area contributed by atoms with Gasteiger partial charge in [0.05, 0.1) is 27.9 Å². The summed E-state index contributed by atoms with van der Waals surface area (Å²) in [4.78, 5) is 29.9. The van der Waals surface area contributed by atoms with Crippen LogP contribution in [-0.2, 0) is 26.1 Å². The van der Waals surface area contributed by atoms with Crippen molar-refractivity contribution in [2.24, 2.45) is 4.99 Å². The number of benzene rings is 3. The van der Waals surface area contributed by atoms with Crippen LogP contribution in [0.4, 0.5) is 5.69 Å². The first-order valence-corrected chi connectivity index (χ1v) is 13.9. The van der Waals surface area contributed by atoms with Gasteiger partial charge in [-0.2, -0.15) is 4.99 Å². The number of methoxy groups -OCH3 is 1. The molecule has 8 nitrogen and oxygen atoms in total. The van der Waals surface area contributed by atoms with Crippen LogP contribution in [0.3, 0.4) is 0 Å². The molecule has 0 radical (unpaired) electrons. The quantitative estimate of drug-likeness (QED) is 0.325. The number of esters is 1. The number of hydrogen-bond acceptors (Lipinski definition) is 6. The molecule has 1 aromatic heterocycles. The zero-order chi connectivity index (χ0) is 26.7. The Bertz CT molecular complexity index is 1640. The lowest BCUT2D eigenvalue weighted by molar-refractivity contribution is -0.141. The van der Waals surface area contributed by atoms with E-state index in [4.69, 9.17) is 4.74 Å². The molecule has 0 spiro atoms. The lowest BCUT2D eigenvalue weighted by Crippen LogP contribution is -2.30. The number of nitrogens with zero attached hydrogens (tertiary/aromatic N) is 3. The van der Waals surface area contributed by atoms with Crippen LogP contribution in [0.5, 0.6) is 0 Å². The number of sulfonamides is 1. The van der Waals surface area contributed by atoms with Crippen molar-refractivity contribution in [2.75, 3.05) is 18.0 Å². The highest BCUT2D eigenvalue weighted by molar-refractivity contribution is 7.92. The number of anilines is 1. The monoisotopic (exact) mass is 537 g/mol. The highest BCUT2D eigenvalue weighted by Crippen LogP contribution is 2.25. The van der Waals surface area contributed by atoms with Gasteiger partial charge in [-0.1, -0.05) is 35.6 Å². The summed E-state index contributed by atoms with van der Waals surface area (Å²) in [6.45, 7) is 5.85. The van der Waals surface area contributed by atoms with Gasteiger partial charge in [0.15, 0.2) is 4.80 Å². The summed E-state index contributed by atoms with van der Waals surface area (Å²) in [5.74, 6) is -0.999. The minimum Gasteiger partial charge on any atom is -0.468 e. The Morgan fingerprint density at radius 3 is 2.32 bits per heavy atom. The van der Waals surface area contributed by atoms with Crippen LogP contribution in [0.25, 0.3) is 10.2 Å². The number of carbonyl (C=O) groups excluding carboxylic acids is 2. The highest BCUT2D eigenvalue weighted by Gasteiger charge is 2.24. The van der Waals surface area contributed by atoms with Crippen molar-refractivity contribution in [2.45, 2.75) is 32.2 Å². The fourth-order valence-electron chi connectivity index (χ4n) is 4.15. The van der Waals surface area contributed by atoms with Crippen molar-refractivity contribution in [3.05, 3.63) is 88.2 Å². The molecule has 0 unspecified atom stereocenters. The number of aryl methyl sites for hydroxylation is 2. The molecule has 4 aromatic rings. The molecule has 1 heterocycles. The smallest absolute Gasteiger partial charge is 0.325 e. The molecule has 192 valence electrons. The Morgan fingerprint density at radius 2 is 1.70 bits per heavy atom. The first-order chi connectivity index (χ1) is 17.6. The molecule has 0 saturated carbocycles. The molecule has 0 bridgehead atoms. The molecular weight excluding hydrogens is 510 g/mol. The highest BCUT2D eigenvalue weighted by atomic mass is 32.2. The van der Waals surface area contributed by atoms with E-state index in [-0.39, 0.29) is 23.5 Å². The maximum atomic E-state index is 13.2. The molecule has 0 aliphatic rings. The van der Waals surface area contributed by atoms with E-state index >= 15 is 0 Å². The predicted molar refractivity (Wildman–Crippen MR) is 144 cm³/mol. The van der Waals surface area contributed by atoms with Crippen LogP contribution in [0.1, 0.15) is 28.4 Å². The normalized spacial score (nSPS) is 12.1. The van der Waals surface area contributed by atoms with Crippen LogP contribution in [0, 0.1) is 13.8 Å². The van der Waals surface area contributed by atoms with E-state index < -0.39 is 21.9 Å². The second kappa shape index (κ2) is 10.7. The second-order valence-electron chi connectivity index (χ2n) is 8.42. The van der Waals surface area contributed by atoms with Gasteiger partial charge >= 0.3 is 5.97 Å². The topological polar surface area (TPSA) is 98.0 Å². The van der Waals surface area contributed by atoms with Gasteiger partial charge in [0.25, 0.3) is 15.9 Å². The van der Waals surface area contributed by atoms with Crippen LogP contribution in [0.2, 0.25) is 0 Å². The second-order valence-corrected chi connectivity index (χ2v) is 11.3. The average molecular weight is 538 g/mol. The van der Waals surface area contributed by atoms with Crippen LogP contribution in [-0.4, -0.2) is 38.5 Å². The zero-order valence-corrected chi connectivity index (χ0v) is 22.6. The Hall–Kier alpha value is -3.76. The van der Waals surface area contributed by atoms with Crippen molar-refractivity contribution >= 4 is 49.1 Å². The Kier molecular flexibility index (Phi) is 7.60. The summed E-state index contributed by atoms with van der Waals surface area (Å²) >= 11 is 1.30. The predicted octanol–water partition coefficient (Wildman–Crippen LogP) is 4.45. The van der Waals surface area contributed by atoms with E-state index in [1.165, 1.54) is 47.0 Å². The number of amides is 1. The maximum Gasteiger partial charge on any atom is 0.325 e. The summed E-state index contributed by atoms with van der Waals surface area (Å²) in [5, 5.41) is 0. The third kappa shape index (κ3) is 5.35. The minimum atomic E-state index is -3.82. The van der Waals surface area contributed by atoms with Gasteiger partial charge in [-0.3, -0.25) is 13.9 Å². The van der Waals surface area contributed by atoms with Crippen LogP contribution < -0.4 is 9.11 Å². The molecule has 0 fully saturated rings. The number of rotatable bonds is 7. The Labute approximate surface area is 219 Å². The molecule has 37 heavy (non-hydrogen) atoms. The largest absolute Gasteiger partial charge is 0.468 e. The zero-order valence-electron chi connectivity index (χ0n) is 21.0. The number of carbonyl (C=O) groups is 2. The van der Waals surface area contributed by atoms with E-state index in [9.17, 15) is 18.0 Å². The number of ether oxygens (including phenoxy) is 1. The summed E-state index contributed by atoms with van der Waals surface area (Å²) < 4.78 is 35.2. The number of para-hydroxylation sites is 1. The van der Waals surface area contributed by atoms with Gasteiger partial charge in [-0.15, -0.1) is 0 Å². The molecule has 0 saturated heterocycles. The molecule has 10 heteroatoms. The van der Waals surface area contributed by atoms with Gasteiger partial charge in [0, 0.05) is 12.1 Å². The third-order valence-corrected chi connectivity index (χ3v) is 8.79. The number of thiazole rings is 1. The molecule has 0 atom stereocenters. The van der Waals surface area contributed by atoms with Crippen molar-refractivity contribution < 1.29 is 22.7 Å². The van der Waals surface area contributed by atoms with E-state index in [0.717, 1.165) is 21.3 Å². The fourth-order valence-corrected chi connectivity index (χ4v) is 6.83. The first-order valence-electron chi connectivity index (χ1n) is 11.6. The molecule has 4 rings (SSSR count). The summed E-state index contributed by atoms with van der Waals surface area (Å²) in [6.07, 6.45) is 0. The van der Waals surface area contributed by atoms with Gasteiger partial charge in [0.1, 0.15) is 6.54 Å². The van der Waals surface area contributed by atoms with E-state index in [2.05, 4.69) is 4.99 Å². The van der Waals surface area contributed by atoms with Gasteiger partial charge in [-0.05, 0) is 74.4 Å². The van der Waals surface area contributed by atoms with E-state index in [0.29, 0.717) is 10.5 Å². The molecular formula is C27H27N3O5S2. The van der Waals surface area contributed by atoms with Crippen LogP contribution in [0.15, 0.2) is 76.6 Å². The standard InChI is InChI=1S/C27H27N3O5S2/c1-5-30(21-9-7-6-8-10-21)37(33,34)22-13-11-20(12-14-22)26(32)28-27-29(17-24(31)35-4)25-19(3)15-18(2)16-23(25)36-27/h6-16H,5,17H2,1-4H3. The van der Waals surface area contributed by atoms with Crippen molar-refractivity contribution in [1.82, 2.24) is 4.57 Å². The lowest BCUT2D eigenvalue weighted by Gasteiger charge is -2.22. The van der Waals surface area contributed by atoms with Crippen molar-refractivity contribution in [3.8, 4) is 0 Å². The maximum absolute atomic E-state index is 13.2. The third-order valence-electron chi connectivity index (χ3n) is 5.84. The van der Waals surface area contributed by atoms with Crippen molar-refractivity contribution in [3.63, 3.8) is 0 Å². The summed E-state index contributed by atoms with van der Waals surface area (Å²) in [5.41, 5.74) is 3.62. The molecule has 0 N–H and O–H groups in total. The summed E-state index contributed by atoms with van der Waals surface area (Å²) in [7, 11) is -2.51. The molecule has 0 aliphatic heterocycles. The molecule has 1 amide bonds. The minimum absolute atomic E-state index is 0.0727. The van der Waals surface area contributed by atoms with Crippen LogP contribution >= 0.6 is 11.3 Å². The summed E-state index contributed by atoms with van der Waals surface area (Å²) in [6, 6.07) is 18.5. The first kappa shape index (κ1) is 26.3. The Balaban J connectivity index is 1.71. The number of fused-ring (bicyclic) bond motifs is 1. The number of aromatic nitrogens is 1.